The average molecular weight is 444 g/mol. The first-order chi connectivity index (χ1) is 16.2. The molecular weight excluding hydrogens is 417 g/mol. The third-order valence-electron chi connectivity index (χ3n) is 6.23. The van der Waals surface area contributed by atoms with Gasteiger partial charge in [-0.25, -0.2) is 4.39 Å². The van der Waals surface area contributed by atoms with Gasteiger partial charge in [-0.1, -0.05) is 42.5 Å². The summed E-state index contributed by atoms with van der Waals surface area (Å²) < 4.78 is 19.8. The summed E-state index contributed by atoms with van der Waals surface area (Å²) >= 11 is 0. The number of nitrogens with zero attached hydrogens (tertiary/aromatic N) is 2. The van der Waals surface area contributed by atoms with Crippen LogP contribution < -0.4 is 0 Å². The number of pyridine rings is 1. The van der Waals surface area contributed by atoms with Gasteiger partial charge in [-0.05, 0) is 41.3 Å². The molecular formula is C27H26FN3O2. The summed E-state index contributed by atoms with van der Waals surface area (Å²) in [5.74, 6) is -0.0799. The van der Waals surface area contributed by atoms with Crippen LogP contribution in [0.25, 0.3) is 10.9 Å². The van der Waals surface area contributed by atoms with Crippen LogP contribution in [0, 0.1) is 5.82 Å². The van der Waals surface area contributed by atoms with Gasteiger partial charge in [0, 0.05) is 42.7 Å². The molecule has 0 bridgehead atoms. The predicted octanol–water partition coefficient (Wildman–Crippen LogP) is 4.83. The zero-order chi connectivity index (χ0) is 22.6. The standard InChI is InChI=1S/C27H26FN3O2/c28-23-7-3-1-5-20(23)15-19-9-11-25(29-16-19)26-18-31(13-14-33-26)27(32)12-10-21-17-30-24-8-4-2-6-22(21)24/h1-9,11,16-17,26,30H,10,12-15,18H2/t26-/m0/s1. The number of carbonyl (C=O) groups excluding carboxylic acids is 1. The number of benzene rings is 2. The molecule has 5 nitrogen and oxygen atoms in total. The topological polar surface area (TPSA) is 58.2 Å². The highest BCUT2D eigenvalue weighted by atomic mass is 19.1. The van der Waals surface area contributed by atoms with Gasteiger partial charge in [0.2, 0.25) is 5.91 Å². The highest BCUT2D eigenvalue weighted by Crippen LogP contribution is 2.23. The van der Waals surface area contributed by atoms with Crippen molar-refractivity contribution >= 4 is 16.8 Å². The number of aryl methyl sites for hydroxylation is 1. The Morgan fingerprint density at radius 2 is 1.94 bits per heavy atom. The summed E-state index contributed by atoms with van der Waals surface area (Å²) in [4.78, 5) is 22.6. The van der Waals surface area contributed by atoms with E-state index in [1.54, 1.807) is 18.3 Å². The summed E-state index contributed by atoms with van der Waals surface area (Å²) in [6.45, 7) is 1.57. The summed E-state index contributed by atoms with van der Waals surface area (Å²) in [6.07, 6.45) is 5.16. The number of halogens is 1. The van der Waals surface area contributed by atoms with E-state index >= 15 is 0 Å². The van der Waals surface area contributed by atoms with Crippen molar-refractivity contribution in [2.45, 2.75) is 25.4 Å². The second-order valence-corrected chi connectivity index (χ2v) is 8.42. The second kappa shape index (κ2) is 9.55. The lowest BCUT2D eigenvalue weighted by atomic mass is 10.0. The largest absolute Gasteiger partial charge is 0.368 e. The number of carbonyl (C=O) groups is 1. The van der Waals surface area contributed by atoms with Gasteiger partial charge in [0.05, 0.1) is 18.8 Å². The maximum Gasteiger partial charge on any atom is 0.223 e. The fourth-order valence-corrected chi connectivity index (χ4v) is 4.39. The minimum atomic E-state index is -0.252. The lowest BCUT2D eigenvalue weighted by Gasteiger charge is -2.32. The van der Waals surface area contributed by atoms with E-state index in [0.717, 1.165) is 22.3 Å². The Kier molecular flexibility index (Phi) is 6.17. The van der Waals surface area contributed by atoms with Crippen molar-refractivity contribution in [3.8, 4) is 0 Å². The van der Waals surface area contributed by atoms with Crippen LogP contribution in [-0.2, 0) is 22.4 Å². The Morgan fingerprint density at radius 1 is 1.09 bits per heavy atom. The van der Waals surface area contributed by atoms with E-state index in [1.807, 2.05) is 47.5 Å². The third-order valence-corrected chi connectivity index (χ3v) is 6.23. The van der Waals surface area contributed by atoms with Gasteiger partial charge in [-0.2, -0.15) is 0 Å². The van der Waals surface area contributed by atoms with E-state index in [-0.39, 0.29) is 17.8 Å². The van der Waals surface area contributed by atoms with Crippen molar-refractivity contribution in [1.82, 2.24) is 14.9 Å². The molecule has 4 aromatic rings. The fourth-order valence-electron chi connectivity index (χ4n) is 4.39. The van der Waals surface area contributed by atoms with Gasteiger partial charge in [-0.15, -0.1) is 0 Å². The van der Waals surface area contributed by atoms with E-state index in [9.17, 15) is 9.18 Å². The number of fused-ring (bicyclic) bond motifs is 1. The zero-order valence-electron chi connectivity index (χ0n) is 18.3. The molecule has 2 aromatic carbocycles. The number of amides is 1. The first kappa shape index (κ1) is 21.3. The number of hydrogen-bond acceptors (Lipinski definition) is 3. The molecule has 33 heavy (non-hydrogen) atoms. The van der Waals surface area contributed by atoms with Crippen LogP contribution in [0.1, 0.15) is 34.9 Å². The van der Waals surface area contributed by atoms with Crippen molar-refractivity contribution in [3.63, 3.8) is 0 Å². The number of nitrogens with one attached hydrogen (secondary N) is 1. The van der Waals surface area contributed by atoms with E-state index in [2.05, 4.69) is 16.0 Å². The SMILES string of the molecule is O=C(CCc1c[nH]c2ccccc12)N1CCO[C@H](c2ccc(Cc3ccccc3F)cn2)C1. The van der Waals surface area contributed by atoms with Crippen molar-refractivity contribution < 1.29 is 13.9 Å². The number of para-hydroxylation sites is 1. The Balaban J connectivity index is 1.19. The van der Waals surface area contributed by atoms with E-state index in [4.69, 9.17) is 4.74 Å². The van der Waals surface area contributed by atoms with Gasteiger partial charge >= 0.3 is 0 Å². The number of H-pyrrole nitrogens is 1. The summed E-state index contributed by atoms with van der Waals surface area (Å²) in [5.41, 5.74) is 4.63. The molecule has 1 N–H and O–H groups in total. The quantitative estimate of drug-likeness (QED) is 0.465. The molecule has 1 atom stereocenters. The fraction of sp³-hybridized carbons (Fsp3) is 0.259. The summed E-state index contributed by atoms with van der Waals surface area (Å²) in [6, 6.07) is 18.8. The molecule has 1 fully saturated rings. The molecule has 2 aromatic heterocycles. The van der Waals surface area contributed by atoms with Crippen LogP contribution in [0.15, 0.2) is 73.1 Å². The minimum absolute atomic E-state index is 0.129. The Morgan fingerprint density at radius 3 is 2.79 bits per heavy atom. The van der Waals surface area contributed by atoms with Gasteiger partial charge in [0.25, 0.3) is 0 Å². The molecule has 0 aliphatic carbocycles. The molecule has 1 aliphatic rings. The maximum atomic E-state index is 13.9. The molecule has 1 saturated heterocycles. The number of aromatic nitrogens is 2. The molecule has 0 unspecified atom stereocenters. The molecule has 3 heterocycles. The van der Waals surface area contributed by atoms with Crippen molar-refractivity contribution in [2.75, 3.05) is 19.7 Å². The molecule has 0 saturated carbocycles. The molecule has 6 heteroatoms. The average Bonchev–Trinajstić information content (AvgIpc) is 3.28. The van der Waals surface area contributed by atoms with Crippen molar-refractivity contribution in [1.29, 1.82) is 0 Å². The summed E-state index contributed by atoms with van der Waals surface area (Å²) in [7, 11) is 0. The number of hydrogen-bond donors (Lipinski definition) is 1. The van der Waals surface area contributed by atoms with Gasteiger partial charge in [-0.3, -0.25) is 9.78 Å². The monoisotopic (exact) mass is 443 g/mol. The normalized spacial score (nSPS) is 16.3. The lowest BCUT2D eigenvalue weighted by molar-refractivity contribution is -0.139. The molecule has 168 valence electrons. The van der Waals surface area contributed by atoms with Gasteiger partial charge in [0.15, 0.2) is 0 Å². The van der Waals surface area contributed by atoms with Crippen molar-refractivity contribution in [2.24, 2.45) is 0 Å². The Labute approximate surface area is 192 Å². The van der Waals surface area contributed by atoms with E-state index in [0.29, 0.717) is 44.5 Å². The van der Waals surface area contributed by atoms with Gasteiger partial charge < -0.3 is 14.6 Å². The molecule has 0 spiro atoms. The van der Waals surface area contributed by atoms with Crippen LogP contribution in [-0.4, -0.2) is 40.5 Å². The Hall–Kier alpha value is -3.51. The summed E-state index contributed by atoms with van der Waals surface area (Å²) in [5, 5.41) is 1.17. The smallest absolute Gasteiger partial charge is 0.223 e. The van der Waals surface area contributed by atoms with Crippen molar-refractivity contribution in [3.05, 3.63) is 101 Å². The minimum Gasteiger partial charge on any atom is -0.368 e. The van der Waals surface area contributed by atoms with Crippen LogP contribution in [0.5, 0.6) is 0 Å². The number of aromatic amines is 1. The lowest BCUT2D eigenvalue weighted by Crippen LogP contribution is -2.42. The highest BCUT2D eigenvalue weighted by molar-refractivity contribution is 5.84. The predicted molar refractivity (Wildman–Crippen MR) is 125 cm³/mol. The van der Waals surface area contributed by atoms with Gasteiger partial charge in [0.1, 0.15) is 11.9 Å². The van der Waals surface area contributed by atoms with E-state index in [1.165, 1.54) is 11.5 Å². The zero-order valence-corrected chi connectivity index (χ0v) is 18.3. The van der Waals surface area contributed by atoms with Crippen LogP contribution >= 0.6 is 0 Å². The number of ether oxygens (including phenoxy) is 1. The first-order valence-corrected chi connectivity index (χ1v) is 11.3. The third kappa shape index (κ3) is 4.81. The second-order valence-electron chi connectivity index (χ2n) is 8.42. The van der Waals surface area contributed by atoms with E-state index < -0.39 is 0 Å². The highest BCUT2D eigenvalue weighted by Gasteiger charge is 2.26. The molecule has 5 rings (SSSR count). The first-order valence-electron chi connectivity index (χ1n) is 11.3. The number of rotatable bonds is 6. The number of morpholine rings is 1. The Bertz CT molecular complexity index is 1250. The molecule has 0 radical (unpaired) electrons. The van der Waals surface area contributed by atoms with Crippen LogP contribution in [0.2, 0.25) is 0 Å². The maximum absolute atomic E-state index is 13.9. The molecule has 1 aliphatic heterocycles. The molecule has 1 amide bonds. The van der Waals surface area contributed by atoms with Crippen LogP contribution in [0.4, 0.5) is 4.39 Å². The van der Waals surface area contributed by atoms with Crippen LogP contribution in [0.3, 0.4) is 0 Å².